The van der Waals surface area contributed by atoms with Crippen molar-refractivity contribution in [2.75, 3.05) is 20.1 Å². The van der Waals surface area contributed by atoms with Crippen LogP contribution >= 0.6 is 0 Å². The third kappa shape index (κ3) is 0.775. The number of rotatable bonds is 0. The second-order valence-electron chi connectivity index (χ2n) is 3.65. The molecule has 1 heterocycles. The first-order valence-electron chi connectivity index (χ1n) is 3.68. The standard InChI is InChI=1S/C7H14N2/c1-9-3-2-7(8)4-6(7)5-9/h6H,2-5,8H2,1H3. The van der Waals surface area contributed by atoms with Crippen molar-refractivity contribution >= 4 is 0 Å². The molecule has 2 nitrogen and oxygen atoms in total. The van der Waals surface area contributed by atoms with Crippen LogP contribution in [0.5, 0.6) is 0 Å². The predicted octanol–water partition coefficient (Wildman–Crippen LogP) is 0.0393. The molecule has 0 bridgehead atoms. The number of piperidine rings is 1. The Morgan fingerprint density at radius 2 is 2.44 bits per heavy atom. The Labute approximate surface area is 56.0 Å². The predicted molar refractivity (Wildman–Crippen MR) is 37.1 cm³/mol. The van der Waals surface area contributed by atoms with E-state index in [4.69, 9.17) is 5.73 Å². The summed E-state index contributed by atoms with van der Waals surface area (Å²) in [6.45, 7) is 2.43. The van der Waals surface area contributed by atoms with Gasteiger partial charge in [0.15, 0.2) is 0 Å². The van der Waals surface area contributed by atoms with Gasteiger partial charge in [-0.25, -0.2) is 0 Å². The molecule has 1 saturated heterocycles. The van der Waals surface area contributed by atoms with Crippen molar-refractivity contribution in [3.05, 3.63) is 0 Å². The molecule has 0 amide bonds. The minimum atomic E-state index is 0.284. The molecule has 0 aromatic carbocycles. The highest BCUT2D eigenvalue weighted by atomic mass is 15.1. The first-order chi connectivity index (χ1) is 4.21. The van der Waals surface area contributed by atoms with E-state index in [0.717, 1.165) is 5.92 Å². The SMILES string of the molecule is CN1CCC2(N)CC2C1. The highest BCUT2D eigenvalue weighted by Crippen LogP contribution is 2.46. The quantitative estimate of drug-likeness (QED) is 0.496. The Hall–Kier alpha value is -0.0800. The molecule has 1 saturated carbocycles. The second-order valence-corrected chi connectivity index (χ2v) is 3.65. The summed E-state index contributed by atoms with van der Waals surface area (Å²) in [5.74, 6) is 0.830. The minimum Gasteiger partial charge on any atom is -0.325 e. The molecule has 0 spiro atoms. The van der Waals surface area contributed by atoms with Crippen LogP contribution in [0.1, 0.15) is 12.8 Å². The summed E-state index contributed by atoms with van der Waals surface area (Å²) in [7, 11) is 2.18. The maximum atomic E-state index is 5.99. The zero-order chi connectivity index (χ0) is 6.48. The van der Waals surface area contributed by atoms with Crippen LogP contribution in [-0.2, 0) is 0 Å². The van der Waals surface area contributed by atoms with Crippen molar-refractivity contribution in [2.45, 2.75) is 18.4 Å². The summed E-state index contributed by atoms with van der Waals surface area (Å²) in [5, 5.41) is 0. The number of hydrogen-bond acceptors (Lipinski definition) is 2. The Kier molecular flexibility index (Phi) is 0.945. The number of nitrogens with two attached hydrogens (primary N) is 1. The lowest BCUT2D eigenvalue weighted by Crippen LogP contribution is -2.39. The minimum absolute atomic E-state index is 0.284. The topological polar surface area (TPSA) is 29.3 Å². The summed E-state index contributed by atoms with van der Waals surface area (Å²) < 4.78 is 0. The zero-order valence-electron chi connectivity index (χ0n) is 5.93. The fourth-order valence-corrected chi connectivity index (χ4v) is 1.82. The van der Waals surface area contributed by atoms with Crippen molar-refractivity contribution in [3.8, 4) is 0 Å². The lowest BCUT2D eigenvalue weighted by Gasteiger charge is -2.25. The van der Waals surface area contributed by atoms with E-state index < -0.39 is 0 Å². The molecule has 1 aliphatic carbocycles. The first kappa shape index (κ1) is 5.69. The molecule has 52 valence electrons. The maximum Gasteiger partial charge on any atom is 0.0211 e. The Morgan fingerprint density at radius 1 is 1.67 bits per heavy atom. The second kappa shape index (κ2) is 1.50. The lowest BCUT2D eigenvalue weighted by atomic mass is 10.1. The molecule has 2 atom stereocenters. The van der Waals surface area contributed by atoms with Gasteiger partial charge in [0.1, 0.15) is 0 Å². The molecule has 2 fully saturated rings. The van der Waals surface area contributed by atoms with Crippen LogP contribution in [0.15, 0.2) is 0 Å². The Bertz CT molecular complexity index is 135. The Morgan fingerprint density at radius 3 is 3.00 bits per heavy atom. The summed E-state index contributed by atoms with van der Waals surface area (Å²) in [5.41, 5.74) is 6.27. The molecule has 2 unspecified atom stereocenters. The van der Waals surface area contributed by atoms with Crippen LogP contribution in [0.25, 0.3) is 0 Å². The highest BCUT2D eigenvalue weighted by Gasteiger charge is 2.52. The number of likely N-dealkylation sites (tertiary alicyclic amines) is 1. The fraction of sp³-hybridized carbons (Fsp3) is 1.00. The van der Waals surface area contributed by atoms with Gasteiger partial charge in [0, 0.05) is 12.1 Å². The largest absolute Gasteiger partial charge is 0.325 e. The first-order valence-corrected chi connectivity index (χ1v) is 3.68. The molecule has 9 heavy (non-hydrogen) atoms. The average Bonchev–Trinajstić information content (AvgIpc) is 2.41. The highest BCUT2D eigenvalue weighted by molar-refractivity contribution is 5.11. The van der Waals surface area contributed by atoms with Gasteiger partial charge in [-0.15, -0.1) is 0 Å². The summed E-state index contributed by atoms with van der Waals surface area (Å²) in [6, 6.07) is 0. The number of fused-ring (bicyclic) bond motifs is 1. The average molecular weight is 126 g/mol. The Balaban J connectivity index is 2.01. The number of nitrogens with zero attached hydrogens (tertiary/aromatic N) is 1. The summed E-state index contributed by atoms with van der Waals surface area (Å²) in [6.07, 6.45) is 2.49. The van der Waals surface area contributed by atoms with E-state index in [2.05, 4.69) is 11.9 Å². The van der Waals surface area contributed by atoms with E-state index in [1.54, 1.807) is 0 Å². The normalized spacial score (nSPS) is 50.7. The third-order valence-corrected chi connectivity index (χ3v) is 2.77. The van der Waals surface area contributed by atoms with Gasteiger partial charge >= 0.3 is 0 Å². The van der Waals surface area contributed by atoms with Crippen LogP contribution in [0.2, 0.25) is 0 Å². The van der Waals surface area contributed by atoms with Crippen LogP contribution < -0.4 is 5.73 Å². The zero-order valence-corrected chi connectivity index (χ0v) is 5.93. The van der Waals surface area contributed by atoms with Gasteiger partial charge in [0.2, 0.25) is 0 Å². The van der Waals surface area contributed by atoms with Gasteiger partial charge in [-0.2, -0.15) is 0 Å². The molecular formula is C7H14N2. The molecule has 2 aliphatic rings. The van der Waals surface area contributed by atoms with Crippen molar-refractivity contribution < 1.29 is 0 Å². The van der Waals surface area contributed by atoms with E-state index >= 15 is 0 Å². The van der Waals surface area contributed by atoms with Gasteiger partial charge < -0.3 is 10.6 Å². The van der Waals surface area contributed by atoms with Crippen molar-refractivity contribution in [2.24, 2.45) is 11.7 Å². The number of hydrogen-bond donors (Lipinski definition) is 1. The molecule has 0 radical (unpaired) electrons. The molecule has 0 aromatic rings. The van der Waals surface area contributed by atoms with E-state index in [1.165, 1.54) is 25.9 Å². The molecule has 2 rings (SSSR count). The van der Waals surface area contributed by atoms with Crippen molar-refractivity contribution in [1.29, 1.82) is 0 Å². The molecule has 0 aromatic heterocycles. The van der Waals surface area contributed by atoms with E-state index in [1.807, 2.05) is 0 Å². The van der Waals surface area contributed by atoms with E-state index in [9.17, 15) is 0 Å². The van der Waals surface area contributed by atoms with Gasteiger partial charge in [-0.05, 0) is 32.4 Å². The van der Waals surface area contributed by atoms with Crippen molar-refractivity contribution in [3.63, 3.8) is 0 Å². The molecule has 1 aliphatic heterocycles. The maximum absolute atomic E-state index is 5.99. The molecule has 2 N–H and O–H groups in total. The van der Waals surface area contributed by atoms with E-state index in [0.29, 0.717) is 0 Å². The summed E-state index contributed by atoms with van der Waals surface area (Å²) in [4.78, 5) is 2.38. The van der Waals surface area contributed by atoms with Crippen LogP contribution in [0.4, 0.5) is 0 Å². The van der Waals surface area contributed by atoms with Crippen LogP contribution in [-0.4, -0.2) is 30.6 Å². The fourth-order valence-electron chi connectivity index (χ4n) is 1.82. The summed E-state index contributed by atoms with van der Waals surface area (Å²) >= 11 is 0. The van der Waals surface area contributed by atoms with Crippen LogP contribution in [0, 0.1) is 5.92 Å². The van der Waals surface area contributed by atoms with Crippen molar-refractivity contribution in [1.82, 2.24) is 4.90 Å². The van der Waals surface area contributed by atoms with Gasteiger partial charge in [0.25, 0.3) is 0 Å². The molecular weight excluding hydrogens is 112 g/mol. The molecule has 2 heteroatoms. The lowest BCUT2D eigenvalue weighted by molar-refractivity contribution is 0.250. The van der Waals surface area contributed by atoms with Gasteiger partial charge in [-0.3, -0.25) is 0 Å². The smallest absolute Gasteiger partial charge is 0.0211 e. The van der Waals surface area contributed by atoms with E-state index in [-0.39, 0.29) is 5.54 Å². The van der Waals surface area contributed by atoms with Gasteiger partial charge in [0.05, 0.1) is 0 Å². The van der Waals surface area contributed by atoms with Crippen LogP contribution in [0.3, 0.4) is 0 Å². The third-order valence-electron chi connectivity index (χ3n) is 2.77. The van der Waals surface area contributed by atoms with Gasteiger partial charge in [-0.1, -0.05) is 0 Å². The monoisotopic (exact) mass is 126 g/mol.